The molecule has 0 bridgehead atoms. The Bertz CT molecular complexity index is 674. The molecule has 0 aromatic carbocycles. The van der Waals surface area contributed by atoms with Gasteiger partial charge in [0.2, 0.25) is 5.91 Å². The lowest BCUT2D eigenvalue weighted by atomic mass is 10.2. The summed E-state index contributed by atoms with van der Waals surface area (Å²) in [6, 6.07) is 3.18. The first kappa shape index (κ1) is 14.4. The molecular weight excluding hydrogens is 272 g/mol. The lowest BCUT2D eigenvalue weighted by Crippen LogP contribution is -2.09. The molecular formula is C14H14N4O3. The van der Waals surface area contributed by atoms with Crippen LogP contribution < -0.4 is 5.32 Å². The van der Waals surface area contributed by atoms with Gasteiger partial charge in [0, 0.05) is 24.9 Å². The lowest BCUT2D eigenvalue weighted by Gasteiger charge is -2.02. The fourth-order valence-corrected chi connectivity index (χ4v) is 1.64. The molecule has 0 fully saturated rings. The first-order valence-electron chi connectivity index (χ1n) is 6.17. The Morgan fingerprint density at radius 2 is 2.19 bits per heavy atom. The van der Waals surface area contributed by atoms with Crippen LogP contribution in [0.3, 0.4) is 0 Å². The van der Waals surface area contributed by atoms with Crippen LogP contribution >= 0.6 is 0 Å². The minimum absolute atomic E-state index is 0.144. The number of aryl methyl sites for hydroxylation is 1. The topological polar surface area (TPSA) is 97.1 Å². The molecule has 108 valence electrons. The number of nitrogens with zero attached hydrogens (tertiary/aromatic N) is 3. The van der Waals surface area contributed by atoms with Crippen molar-refractivity contribution in [2.24, 2.45) is 7.05 Å². The van der Waals surface area contributed by atoms with Gasteiger partial charge in [0.1, 0.15) is 0 Å². The Labute approximate surface area is 120 Å². The van der Waals surface area contributed by atoms with Crippen molar-refractivity contribution >= 4 is 23.6 Å². The maximum Gasteiger partial charge on any atom is 0.309 e. The van der Waals surface area contributed by atoms with Crippen molar-refractivity contribution in [1.29, 1.82) is 0 Å². The first-order valence-corrected chi connectivity index (χ1v) is 6.17. The standard InChI is InChI=1S/C14H14N4O3/c1-18-9-10(7-16-18)2-5-13(19)17-12-4-3-11(15-8-12)6-14(20)21/h2-5,7-9H,6H2,1H3,(H,17,19)(H,20,21)/b5-2+. The summed E-state index contributed by atoms with van der Waals surface area (Å²) in [4.78, 5) is 26.2. The van der Waals surface area contributed by atoms with Crippen molar-refractivity contribution in [3.8, 4) is 0 Å². The fraction of sp³-hybridized carbons (Fsp3) is 0.143. The molecule has 2 aromatic heterocycles. The molecule has 0 saturated carbocycles. The number of aliphatic carboxylic acids is 1. The highest BCUT2D eigenvalue weighted by atomic mass is 16.4. The number of carboxylic acids is 1. The molecule has 0 spiro atoms. The summed E-state index contributed by atoms with van der Waals surface area (Å²) in [6.45, 7) is 0. The van der Waals surface area contributed by atoms with E-state index >= 15 is 0 Å². The second kappa shape index (κ2) is 6.47. The average molecular weight is 286 g/mol. The molecule has 7 heteroatoms. The predicted molar refractivity (Wildman–Crippen MR) is 76.4 cm³/mol. The van der Waals surface area contributed by atoms with Crippen molar-refractivity contribution in [3.05, 3.63) is 48.1 Å². The highest BCUT2D eigenvalue weighted by molar-refractivity contribution is 6.01. The number of nitrogens with one attached hydrogen (secondary N) is 1. The number of pyridine rings is 1. The average Bonchev–Trinajstić information content (AvgIpc) is 2.84. The Kier molecular flexibility index (Phi) is 4.45. The zero-order chi connectivity index (χ0) is 15.2. The predicted octanol–water partition coefficient (Wildman–Crippen LogP) is 1.09. The van der Waals surface area contributed by atoms with Crippen molar-refractivity contribution in [1.82, 2.24) is 14.8 Å². The minimum atomic E-state index is -0.946. The van der Waals surface area contributed by atoms with Crippen LogP contribution in [0.2, 0.25) is 0 Å². The molecule has 7 nitrogen and oxygen atoms in total. The number of carbonyl (C=O) groups excluding carboxylic acids is 1. The normalized spacial score (nSPS) is 10.7. The third kappa shape index (κ3) is 4.57. The number of amides is 1. The third-order valence-corrected chi connectivity index (χ3v) is 2.58. The van der Waals surface area contributed by atoms with Crippen LogP contribution in [0.1, 0.15) is 11.3 Å². The quantitative estimate of drug-likeness (QED) is 0.802. The Morgan fingerprint density at radius 3 is 2.76 bits per heavy atom. The van der Waals surface area contributed by atoms with Gasteiger partial charge in [-0.25, -0.2) is 0 Å². The maximum atomic E-state index is 11.7. The van der Waals surface area contributed by atoms with Gasteiger partial charge in [0.05, 0.1) is 30.2 Å². The van der Waals surface area contributed by atoms with Crippen LogP contribution in [0, 0.1) is 0 Å². The van der Waals surface area contributed by atoms with Gasteiger partial charge in [0.25, 0.3) is 0 Å². The maximum absolute atomic E-state index is 11.7. The highest BCUT2D eigenvalue weighted by Crippen LogP contribution is 2.07. The summed E-state index contributed by atoms with van der Waals surface area (Å²) >= 11 is 0. The van der Waals surface area contributed by atoms with Gasteiger partial charge in [-0.3, -0.25) is 19.3 Å². The molecule has 2 aromatic rings. The molecule has 0 aliphatic heterocycles. The zero-order valence-electron chi connectivity index (χ0n) is 11.4. The summed E-state index contributed by atoms with van der Waals surface area (Å²) in [5.74, 6) is -1.25. The van der Waals surface area contributed by atoms with E-state index < -0.39 is 5.97 Å². The van der Waals surface area contributed by atoms with Crippen molar-refractivity contribution in [2.45, 2.75) is 6.42 Å². The SMILES string of the molecule is Cn1cc(/C=C/C(=O)Nc2ccc(CC(=O)O)nc2)cn1. The van der Waals surface area contributed by atoms with Gasteiger partial charge < -0.3 is 10.4 Å². The highest BCUT2D eigenvalue weighted by Gasteiger charge is 2.03. The van der Waals surface area contributed by atoms with E-state index in [4.69, 9.17) is 5.11 Å². The van der Waals surface area contributed by atoms with E-state index in [1.807, 2.05) is 0 Å². The van der Waals surface area contributed by atoms with Crippen LogP contribution in [0.5, 0.6) is 0 Å². The summed E-state index contributed by atoms with van der Waals surface area (Å²) in [5.41, 5.74) is 1.76. The monoisotopic (exact) mass is 286 g/mol. The Hall–Kier alpha value is -2.96. The number of carboxylic acid groups (broad SMARTS) is 1. The first-order chi connectivity index (χ1) is 10.0. The van der Waals surface area contributed by atoms with E-state index in [0.717, 1.165) is 5.56 Å². The molecule has 0 atom stereocenters. The molecule has 0 saturated heterocycles. The summed E-state index contributed by atoms with van der Waals surface area (Å²) in [6.07, 6.45) is 7.75. The third-order valence-electron chi connectivity index (χ3n) is 2.58. The van der Waals surface area contributed by atoms with E-state index in [-0.39, 0.29) is 12.3 Å². The molecule has 0 unspecified atom stereocenters. The fourth-order valence-electron chi connectivity index (χ4n) is 1.64. The number of carbonyl (C=O) groups is 2. The molecule has 0 aliphatic rings. The summed E-state index contributed by atoms with van der Waals surface area (Å²) in [5, 5.41) is 15.3. The second-order valence-corrected chi connectivity index (χ2v) is 4.38. The number of hydrogen-bond donors (Lipinski definition) is 2. The van der Waals surface area contributed by atoms with Crippen LogP contribution in [0.15, 0.2) is 36.8 Å². The van der Waals surface area contributed by atoms with E-state index in [1.165, 1.54) is 12.3 Å². The summed E-state index contributed by atoms with van der Waals surface area (Å²) in [7, 11) is 1.79. The van der Waals surface area contributed by atoms with E-state index in [0.29, 0.717) is 11.4 Å². The zero-order valence-corrected chi connectivity index (χ0v) is 11.4. The van der Waals surface area contributed by atoms with Crippen molar-refractivity contribution in [3.63, 3.8) is 0 Å². The molecule has 1 amide bonds. The minimum Gasteiger partial charge on any atom is -0.481 e. The van der Waals surface area contributed by atoms with Crippen molar-refractivity contribution in [2.75, 3.05) is 5.32 Å². The second-order valence-electron chi connectivity index (χ2n) is 4.38. The van der Waals surface area contributed by atoms with Crippen LogP contribution in [0.25, 0.3) is 6.08 Å². The van der Waals surface area contributed by atoms with Crippen LogP contribution in [-0.4, -0.2) is 31.7 Å². The van der Waals surface area contributed by atoms with Gasteiger partial charge in [-0.2, -0.15) is 5.10 Å². The van der Waals surface area contributed by atoms with Crippen molar-refractivity contribution < 1.29 is 14.7 Å². The lowest BCUT2D eigenvalue weighted by molar-refractivity contribution is -0.136. The molecule has 0 aliphatic carbocycles. The molecule has 2 rings (SSSR count). The van der Waals surface area contributed by atoms with E-state index in [2.05, 4.69) is 15.4 Å². The summed E-state index contributed by atoms with van der Waals surface area (Å²) < 4.78 is 1.64. The van der Waals surface area contributed by atoms with E-state index in [9.17, 15) is 9.59 Å². The Morgan fingerprint density at radius 1 is 1.38 bits per heavy atom. The Balaban J connectivity index is 1.93. The van der Waals surface area contributed by atoms with Gasteiger partial charge in [-0.15, -0.1) is 0 Å². The largest absolute Gasteiger partial charge is 0.481 e. The smallest absolute Gasteiger partial charge is 0.309 e. The van der Waals surface area contributed by atoms with Crippen LogP contribution in [-0.2, 0) is 23.1 Å². The molecule has 0 radical (unpaired) electrons. The van der Waals surface area contributed by atoms with Gasteiger partial charge in [-0.1, -0.05) is 0 Å². The number of anilines is 1. The molecule has 21 heavy (non-hydrogen) atoms. The van der Waals surface area contributed by atoms with E-state index in [1.54, 1.807) is 42.3 Å². The number of hydrogen-bond acceptors (Lipinski definition) is 4. The van der Waals surface area contributed by atoms with Gasteiger partial charge >= 0.3 is 5.97 Å². The van der Waals surface area contributed by atoms with Gasteiger partial charge in [0.15, 0.2) is 0 Å². The number of aromatic nitrogens is 3. The number of rotatable bonds is 5. The van der Waals surface area contributed by atoms with Gasteiger partial charge in [-0.05, 0) is 18.2 Å². The molecule has 2 heterocycles. The van der Waals surface area contributed by atoms with Crippen LogP contribution in [0.4, 0.5) is 5.69 Å². The molecule has 2 N–H and O–H groups in total.